The average molecular weight is 378 g/mol. The number of rotatable bonds is 6. The summed E-state index contributed by atoms with van der Waals surface area (Å²) in [7, 11) is 0. The maximum absolute atomic E-state index is 12.8. The Hall–Kier alpha value is -2.83. The quantitative estimate of drug-likeness (QED) is 0.797. The molecule has 144 valence electrons. The van der Waals surface area contributed by atoms with Crippen LogP contribution in [0.4, 0.5) is 18.9 Å². The number of anilines is 1. The first kappa shape index (κ1) is 20.5. The number of nitrogens with one attached hydrogen (secondary N) is 2. The van der Waals surface area contributed by atoms with Crippen molar-refractivity contribution < 1.29 is 22.8 Å². The molecule has 2 amide bonds. The first-order chi connectivity index (χ1) is 12.7. The largest absolute Gasteiger partial charge is 0.416 e. The zero-order valence-electron chi connectivity index (χ0n) is 15.0. The van der Waals surface area contributed by atoms with Crippen LogP contribution in [0.1, 0.15) is 25.0 Å². The van der Waals surface area contributed by atoms with E-state index in [1.165, 1.54) is 12.1 Å². The lowest BCUT2D eigenvalue weighted by atomic mass is 10.0. The maximum Gasteiger partial charge on any atom is 0.416 e. The molecule has 0 aliphatic heterocycles. The summed E-state index contributed by atoms with van der Waals surface area (Å²) in [6, 6.07) is 12.6. The van der Waals surface area contributed by atoms with Gasteiger partial charge in [0.2, 0.25) is 11.8 Å². The SMILES string of the molecule is CC(C)C(NC(=O)Cc1ccccc1)C(=O)Nc1cccc(C(F)(F)F)c1. The van der Waals surface area contributed by atoms with Gasteiger partial charge in [0.25, 0.3) is 0 Å². The van der Waals surface area contributed by atoms with Gasteiger partial charge in [0.05, 0.1) is 12.0 Å². The summed E-state index contributed by atoms with van der Waals surface area (Å²) in [5, 5.41) is 5.11. The van der Waals surface area contributed by atoms with Crippen LogP contribution in [0.25, 0.3) is 0 Å². The summed E-state index contributed by atoms with van der Waals surface area (Å²) in [5.74, 6) is -1.14. The number of halogens is 3. The van der Waals surface area contributed by atoms with Crippen molar-refractivity contribution in [3.05, 3.63) is 65.7 Å². The van der Waals surface area contributed by atoms with E-state index in [2.05, 4.69) is 10.6 Å². The molecule has 27 heavy (non-hydrogen) atoms. The van der Waals surface area contributed by atoms with Crippen molar-refractivity contribution in [2.24, 2.45) is 5.92 Å². The molecule has 2 aromatic rings. The summed E-state index contributed by atoms with van der Waals surface area (Å²) in [5.41, 5.74) is -0.0249. The standard InChI is InChI=1S/C20H21F3N2O2/c1-13(2)18(25-17(26)11-14-7-4-3-5-8-14)19(27)24-16-10-6-9-15(12-16)20(21,22)23/h3-10,12-13,18H,11H2,1-2H3,(H,24,27)(H,25,26). The first-order valence-corrected chi connectivity index (χ1v) is 8.48. The van der Waals surface area contributed by atoms with Crippen LogP contribution in [0.5, 0.6) is 0 Å². The predicted octanol–water partition coefficient (Wildman–Crippen LogP) is 4.03. The zero-order valence-corrected chi connectivity index (χ0v) is 15.0. The molecule has 1 atom stereocenters. The van der Waals surface area contributed by atoms with Crippen LogP contribution in [0.3, 0.4) is 0 Å². The van der Waals surface area contributed by atoms with E-state index >= 15 is 0 Å². The minimum absolute atomic E-state index is 0.0257. The molecule has 0 spiro atoms. The molecule has 0 fully saturated rings. The lowest BCUT2D eigenvalue weighted by Gasteiger charge is -2.22. The molecule has 2 aromatic carbocycles. The van der Waals surface area contributed by atoms with Crippen molar-refractivity contribution >= 4 is 17.5 Å². The molecule has 0 aliphatic rings. The molecule has 0 heterocycles. The van der Waals surface area contributed by atoms with Gasteiger partial charge in [-0.25, -0.2) is 0 Å². The van der Waals surface area contributed by atoms with Gasteiger partial charge in [-0.1, -0.05) is 50.2 Å². The van der Waals surface area contributed by atoms with Gasteiger partial charge >= 0.3 is 6.18 Å². The molecule has 0 aromatic heterocycles. The van der Waals surface area contributed by atoms with Crippen molar-refractivity contribution in [1.29, 1.82) is 0 Å². The zero-order chi connectivity index (χ0) is 20.0. The van der Waals surface area contributed by atoms with Crippen LogP contribution >= 0.6 is 0 Å². The monoisotopic (exact) mass is 378 g/mol. The smallest absolute Gasteiger partial charge is 0.344 e. The van der Waals surface area contributed by atoms with Crippen LogP contribution in [0, 0.1) is 5.92 Å². The maximum atomic E-state index is 12.8. The topological polar surface area (TPSA) is 58.2 Å². The lowest BCUT2D eigenvalue weighted by Crippen LogP contribution is -2.47. The Kier molecular flexibility index (Phi) is 6.60. The Morgan fingerprint density at radius 1 is 1.00 bits per heavy atom. The number of benzene rings is 2. The van der Waals surface area contributed by atoms with Crippen LogP contribution in [0.15, 0.2) is 54.6 Å². The molecule has 0 aliphatic carbocycles. The van der Waals surface area contributed by atoms with Gasteiger partial charge in [-0.05, 0) is 29.7 Å². The summed E-state index contributed by atoms with van der Waals surface area (Å²) in [6.07, 6.45) is -4.39. The van der Waals surface area contributed by atoms with E-state index in [9.17, 15) is 22.8 Å². The molecule has 0 radical (unpaired) electrons. The van der Waals surface area contributed by atoms with Crippen LogP contribution in [-0.4, -0.2) is 17.9 Å². The highest BCUT2D eigenvalue weighted by Gasteiger charge is 2.31. The van der Waals surface area contributed by atoms with E-state index in [0.29, 0.717) is 0 Å². The van der Waals surface area contributed by atoms with Crippen molar-refractivity contribution in [3.63, 3.8) is 0 Å². The molecule has 0 saturated carbocycles. The minimum atomic E-state index is -4.50. The van der Waals surface area contributed by atoms with Crippen molar-refractivity contribution in [3.8, 4) is 0 Å². The van der Waals surface area contributed by atoms with E-state index in [0.717, 1.165) is 17.7 Å². The normalized spacial score (nSPS) is 12.5. The number of carbonyl (C=O) groups excluding carboxylic acids is 2. The van der Waals surface area contributed by atoms with Gasteiger partial charge in [0.1, 0.15) is 6.04 Å². The van der Waals surface area contributed by atoms with Crippen molar-refractivity contribution in [2.45, 2.75) is 32.5 Å². The van der Waals surface area contributed by atoms with E-state index in [4.69, 9.17) is 0 Å². The lowest BCUT2D eigenvalue weighted by molar-refractivity contribution is -0.137. The van der Waals surface area contributed by atoms with E-state index < -0.39 is 23.7 Å². The number of alkyl halides is 3. The third-order valence-corrected chi connectivity index (χ3v) is 3.93. The van der Waals surface area contributed by atoms with E-state index in [1.807, 2.05) is 18.2 Å². The van der Waals surface area contributed by atoms with Crippen LogP contribution < -0.4 is 10.6 Å². The summed E-state index contributed by atoms with van der Waals surface area (Å²) in [4.78, 5) is 24.7. The molecule has 2 N–H and O–H groups in total. The summed E-state index contributed by atoms with van der Waals surface area (Å²) in [6.45, 7) is 3.50. The minimum Gasteiger partial charge on any atom is -0.344 e. The highest BCUT2D eigenvalue weighted by molar-refractivity contribution is 5.97. The highest BCUT2D eigenvalue weighted by Crippen LogP contribution is 2.30. The third-order valence-electron chi connectivity index (χ3n) is 3.93. The van der Waals surface area contributed by atoms with E-state index in [-0.39, 0.29) is 23.9 Å². The number of amides is 2. The van der Waals surface area contributed by atoms with Gasteiger partial charge < -0.3 is 10.6 Å². The molecule has 0 bridgehead atoms. The molecular weight excluding hydrogens is 357 g/mol. The molecular formula is C20H21F3N2O2. The Balaban J connectivity index is 2.05. The van der Waals surface area contributed by atoms with Crippen molar-refractivity contribution in [2.75, 3.05) is 5.32 Å². The fourth-order valence-electron chi connectivity index (χ4n) is 2.53. The second-order valence-corrected chi connectivity index (χ2v) is 6.52. The van der Waals surface area contributed by atoms with E-state index in [1.54, 1.807) is 26.0 Å². The predicted molar refractivity (Wildman–Crippen MR) is 97.0 cm³/mol. The summed E-state index contributed by atoms with van der Waals surface area (Å²) >= 11 is 0. The Morgan fingerprint density at radius 2 is 1.67 bits per heavy atom. The molecule has 2 rings (SSSR count). The Morgan fingerprint density at radius 3 is 2.26 bits per heavy atom. The van der Waals surface area contributed by atoms with Crippen molar-refractivity contribution in [1.82, 2.24) is 5.32 Å². The van der Waals surface area contributed by atoms with Gasteiger partial charge in [-0.3, -0.25) is 9.59 Å². The van der Waals surface area contributed by atoms with Gasteiger partial charge in [-0.15, -0.1) is 0 Å². The Bertz CT molecular complexity index is 789. The second-order valence-electron chi connectivity index (χ2n) is 6.52. The van der Waals surface area contributed by atoms with Crippen LogP contribution in [-0.2, 0) is 22.2 Å². The summed E-state index contributed by atoms with van der Waals surface area (Å²) < 4.78 is 38.4. The fraction of sp³-hybridized carbons (Fsp3) is 0.300. The number of hydrogen-bond donors (Lipinski definition) is 2. The fourth-order valence-corrected chi connectivity index (χ4v) is 2.53. The van der Waals surface area contributed by atoms with Gasteiger partial charge in [0.15, 0.2) is 0 Å². The van der Waals surface area contributed by atoms with Crippen LogP contribution in [0.2, 0.25) is 0 Å². The molecule has 4 nitrogen and oxygen atoms in total. The first-order valence-electron chi connectivity index (χ1n) is 8.48. The van der Waals surface area contributed by atoms with Gasteiger partial charge in [0, 0.05) is 5.69 Å². The number of carbonyl (C=O) groups is 2. The molecule has 1 unspecified atom stereocenters. The highest BCUT2D eigenvalue weighted by atomic mass is 19.4. The average Bonchev–Trinajstić information content (AvgIpc) is 2.59. The van der Waals surface area contributed by atoms with Gasteiger partial charge in [-0.2, -0.15) is 13.2 Å². The molecule has 0 saturated heterocycles. The third kappa shape index (κ3) is 6.13. The molecule has 7 heteroatoms. The Labute approximate surface area is 155 Å². The number of hydrogen-bond acceptors (Lipinski definition) is 2. The second kappa shape index (κ2) is 8.70.